The summed E-state index contributed by atoms with van der Waals surface area (Å²) in [4.78, 5) is 35.9. The standard InChI is InChI=1S/C34H47N5O4/c1-4-42-30-14-13-25(21-31(30)43-5-2)22-37-33(41)32(39-19-15-26(16-20-39)38-17-9-6-10-18-38)34(35,24(3)40)28-23-36-29-12-8-7-11-27(28)29/h7-8,11-14,21,23,26,32,36H,4-6,9-10,15-20,22,35H2,1-3H3,(H,37,41). The number of para-hydroxylation sites is 1. The Morgan fingerprint density at radius 3 is 2.40 bits per heavy atom. The Morgan fingerprint density at radius 2 is 1.70 bits per heavy atom. The lowest BCUT2D eigenvalue weighted by molar-refractivity contribution is -0.137. The fourth-order valence-corrected chi connectivity index (χ4v) is 6.89. The first-order valence-electron chi connectivity index (χ1n) is 15.9. The number of amides is 1. The lowest BCUT2D eigenvalue weighted by Gasteiger charge is -2.46. The zero-order chi connectivity index (χ0) is 30.4. The van der Waals surface area contributed by atoms with E-state index in [-0.39, 0.29) is 18.2 Å². The number of carbonyl (C=O) groups excluding carboxylic acids is 2. The van der Waals surface area contributed by atoms with Gasteiger partial charge in [-0.3, -0.25) is 14.5 Å². The summed E-state index contributed by atoms with van der Waals surface area (Å²) >= 11 is 0. The van der Waals surface area contributed by atoms with Crippen molar-refractivity contribution in [1.29, 1.82) is 0 Å². The van der Waals surface area contributed by atoms with Gasteiger partial charge in [-0.15, -0.1) is 0 Å². The van der Waals surface area contributed by atoms with Crippen LogP contribution >= 0.6 is 0 Å². The number of benzene rings is 2. The molecular formula is C34H47N5O4. The van der Waals surface area contributed by atoms with E-state index in [1.165, 1.54) is 26.2 Å². The Bertz CT molecular complexity index is 1390. The summed E-state index contributed by atoms with van der Waals surface area (Å²) in [5, 5.41) is 3.99. The number of piperidine rings is 2. The maximum Gasteiger partial charge on any atom is 0.240 e. The second kappa shape index (κ2) is 13.9. The van der Waals surface area contributed by atoms with E-state index in [9.17, 15) is 9.59 Å². The van der Waals surface area contributed by atoms with Gasteiger partial charge in [-0.25, -0.2) is 0 Å². The number of nitrogens with two attached hydrogens (primary N) is 1. The molecule has 0 bridgehead atoms. The molecule has 232 valence electrons. The van der Waals surface area contributed by atoms with Gasteiger partial charge in [-0.05, 0) is 83.3 Å². The molecule has 0 spiro atoms. The van der Waals surface area contributed by atoms with E-state index in [2.05, 4.69) is 20.1 Å². The fraction of sp³-hybridized carbons (Fsp3) is 0.529. The van der Waals surface area contributed by atoms with Crippen LogP contribution in [0.2, 0.25) is 0 Å². The molecule has 1 amide bonds. The molecule has 2 unspecified atom stereocenters. The number of Topliss-reactive ketones (excluding diaryl/α,β-unsaturated/α-hetero) is 1. The molecule has 0 radical (unpaired) electrons. The number of carbonyl (C=O) groups is 2. The zero-order valence-electron chi connectivity index (χ0n) is 25.9. The molecule has 5 rings (SSSR count). The summed E-state index contributed by atoms with van der Waals surface area (Å²) < 4.78 is 11.5. The lowest BCUT2D eigenvalue weighted by atomic mass is 9.78. The van der Waals surface area contributed by atoms with Crippen LogP contribution in [0.15, 0.2) is 48.7 Å². The summed E-state index contributed by atoms with van der Waals surface area (Å²) in [6.07, 6.45) is 7.49. The minimum Gasteiger partial charge on any atom is -0.490 e. The van der Waals surface area contributed by atoms with Gasteiger partial charge >= 0.3 is 0 Å². The van der Waals surface area contributed by atoms with Crippen molar-refractivity contribution in [1.82, 2.24) is 20.1 Å². The molecule has 0 aliphatic carbocycles. The van der Waals surface area contributed by atoms with Crippen molar-refractivity contribution in [2.45, 2.75) is 77.0 Å². The molecule has 2 fully saturated rings. The SMILES string of the molecule is CCOc1ccc(CNC(=O)C(N2CCC(N3CCCCC3)CC2)C(N)(C(C)=O)c2c[nH]c3ccccc23)cc1OCC. The van der Waals surface area contributed by atoms with Gasteiger partial charge in [0.1, 0.15) is 11.6 Å². The van der Waals surface area contributed by atoms with Gasteiger partial charge in [-0.1, -0.05) is 30.7 Å². The van der Waals surface area contributed by atoms with Gasteiger partial charge in [0.05, 0.1) is 13.2 Å². The van der Waals surface area contributed by atoms with Crippen molar-refractivity contribution in [3.8, 4) is 11.5 Å². The first kappa shape index (κ1) is 31.0. The smallest absolute Gasteiger partial charge is 0.240 e. The van der Waals surface area contributed by atoms with Crippen molar-refractivity contribution in [2.75, 3.05) is 39.4 Å². The molecule has 4 N–H and O–H groups in total. The number of fused-ring (bicyclic) bond motifs is 1. The number of hydrogen-bond acceptors (Lipinski definition) is 7. The van der Waals surface area contributed by atoms with Gasteiger partial charge in [0.25, 0.3) is 0 Å². The van der Waals surface area contributed by atoms with Gasteiger partial charge < -0.3 is 30.4 Å². The Balaban J connectivity index is 1.43. The Kier molecular flexibility index (Phi) is 10.1. The van der Waals surface area contributed by atoms with Crippen molar-refractivity contribution in [2.24, 2.45) is 5.73 Å². The molecule has 0 saturated carbocycles. The van der Waals surface area contributed by atoms with Crippen LogP contribution in [0.3, 0.4) is 0 Å². The van der Waals surface area contributed by atoms with E-state index < -0.39 is 11.6 Å². The van der Waals surface area contributed by atoms with Crippen LogP contribution in [0.25, 0.3) is 10.9 Å². The number of nitrogens with zero attached hydrogens (tertiary/aromatic N) is 2. The predicted octanol–water partition coefficient (Wildman–Crippen LogP) is 4.34. The van der Waals surface area contributed by atoms with Crippen LogP contribution in [-0.2, 0) is 21.7 Å². The molecule has 2 saturated heterocycles. The zero-order valence-corrected chi connectivity index (χ0v) is 25.9. The van der Waals surface area contributed by atoms with Crippen LogP contribution < -0.4 is 20.5 Å². The van der Waals surface area contributed by atoms with E-state index in [1.807, 2.05) is 56.3 Å². The number of ketones is 1. The number of ether oxygens (including phenoxy) is 2. The second-order valence-corrected chi connectivity index (χ2v) is 11.8. The van der Waals surface area contributed by atoms with Crippen LogP contribution in [0.1, 0.15) is 64.0 Å². The monoisotopic (exact) mass is 589 g/mol. The van der Waals surface area contributed by atoms with E-state index in [0.29, 0.717) is 49.4 Å². The summed E-state index contributed by atoms with van der Waals surface area (Å²) in [5.41, 5.74) is 8.05. The quantitative estimate of drug-likeness (QED) is 0.288. The largest absolute Gasteiger partial charge is 0.490 e. The molecular weight excluding hydrogens is 542 g/mol. The van der Waals surface area contributed by atoms with E-state index in [4.69, 9.17) is 15.2 Å². The summed E-state index contributed by atoms with van der Waals surface area (Å²) in [6.45, 7) is 10.4. The highest BCUT2D eigenvalue weighted by molar-refractivity contribution is 6.00. The maximum absolute atomic E-state index is 14.3. The van der Waals surface area contributed by atoms with Gasteiger partial charge in [-0.2, -0.15) is 0 Å². The average Bonchev–Trinajstić information content (AvgIpc) is 3.47. The second-order valence-electron chi connectivity index (χ2n) is 11.8. The van der Waals surface area contributed by atoms with Crippen LogP contribution in [0.5, 0.6) is 11.5 Å². The number of hydrogen-bond donors (Lipinski definition) is 3. The number of aromatic nitrogens is 1. The molecule has 9 nitrogen and oxygen atoms in total. The van der Waals surface area contributed by atoms with Gasteiger partial charge in [0.2, 0.25) is 5.91 Å². The topological polar surface area (TPSA) is 113 Å². The number of likely N-dealkylation sites (tertiary alicyclic amines) is 2. The molecule has 2 aliphatic rings. The predicted molar refractivity (Wildman–Crippen MR) is 169 cm³/mol. The summed E-state index contributed by atoms with van der Waals surface area (Å²) in [7, 11) is 0. The Morgan fingerprint density at radius 1 is 1.00 bits per heavy atom. The van der Waals surface area contributed by atoms with Crippen molar-refractivity contribution in [3.05, 3.63) is 59.8 Å². The normalized spacial score (nSPS) is 19.1. The Hall–Kier alpha value is -3.40. The van der Waals surface area contributed by atoms with Crippen LogP contribution in [0.4, 0.5) is 0 Å². The third kappa shape index (κ3) is 6.59. The van der Waals surface area contributed by atoms with Crippen molar-refractivity contribution in [3.63, 3.8) is 0 Å². The first-order chi connectivity index (χ1) is 20.9. The van der Waals surface area contributed by atoms with E-state index in [1.54, 1.807) is 6.20 Å². The third-order valence-corrected chi connectivity index (χ3v) is 9.14. The first-order valence-corrected chi connectivity index (χ1v) is 15.9. The molecule has 3 aromatic rings. The minimum atomic E-state index is -1.54. The highest BCUT2D eigenvalue weighted by atomic mass is 16.5. The summed E-state index contributed by atoms with van der Waals surface area (Å²) in [6, 6.07) is 13.1. The third-order valence-electron chi connectivity index (χ3n) is 9.14. The highest BCUT2D eigenvalue weighted by Gasteiger charge is 2.50. The van der Waals surface area contributed by atoms with Crippen LogP contribution in [-0.4, -0.2) is 78.0 Å². The number of H-pyrrole nitrogens is 1. The summed E-state index contributed by atoms with van der Waals surface area (Å²) in [5.74, 6) is 0.815. The molecule has 2 aromatic carbocycles. The number of aromatic amines is 1. The molecule has 3 heterocycles. The molecule has 43 heavy (non-hydrogen) atoms. The number of rotatable bonds is 12. The van der Waals surface area contributed by atoms with Gasteiger partial charge in [0, 0.05) is 48.3 Å². The van der Waals surface area contributed by atoms with E-state index in [0.717, 1.165) is 42.4 Å². The van der Waals surface area contributed by atoms with Crippen molar-refractivity contribution >= 4 is 22.6 Å². The average molecular weight is 590 g/mol. The van der Waals surface area contributed by atoms with Crippen LogP contribution in [0, 0.1) is 0 Å². The molecule has 2 aliphatic heterocycles. The fourth-order valence-electron chi connectivity index (χ4n) is 6.89. The molecule has 1 aromatic heterocycles. The lowest BCUT2D eigenvalue weighted by Crippen LogP contribution is -2.67. The Labute approximate surface area is 255 Å². The van der Waals surface area contributed by atoms with Crippen molar-refractivity contribution < 1.29 is 19.1 Å². The molecule has 2 atom stereocenters. The molecule has 9 heteroatoms. The number of nitrogens with one attached hydrogen (secondary N) is 2. The highest BCUT2D eigenvalue weighted by Crippen LogP contribution is 2.35. The van der Waals surface area contributed by atoms with E-state index >= 15 is 0 Å². The minimum absolute atomic E-state index is 0.241. The maximum atomic E-state index is 14.3. The van der Waals surface area contributed by atoms with Gasteiger partial charge in [0.15, 0.2) is 17.3 Å².